The fourth-order valence-corrected chi connectivity index (χ4v) is 2.86. The average Bonchev–Trinajstić information content (AvgIpc) is 2.82. The summed E-state index contributed by atoms with van der Waals surface area (Å²) >= 11 is 7.26. The molecule has 0 saturated heterocycles. The van der Waals surface area contributed by atoms with E-state index < -0.39 is 22.2 Å². The molecule has 0 aliphatic carbocycles. The molecule has 21 heavy (non-hydrogen) atoms. The van der Waals surface area contributed by atoms with Crippen LogP contribution in [0.25, 0.3) is 0 Å². The molecule has 1 heterocycles. The zero-order chi connectivity index (χ0) is 15.4. The molecule has 0 fully saturated rings. The summed E-state index contributed by atoms with van der Waals surface area (Å²) in [6.07, 6.45) is 0.711. The van der Waals surface area contributed by atoms with Crippen molar-refractivity contribution < 1.29 is 13.7 Å². The van der Waals surface area contributed by atoms with Gasteiger partial charge in [-0.15, -0.1) is 11.3 Å². The number of nitro benzene ring substituents is 1. The molecule has 0 aliphatic heterocycles. The van der Waals surface area contributed by atoms with Gasteiger partial charge in [-0.05, 0) is 18.6 Å². The van der Waals surface area contributed by atoms with Crippen LogP contribution in [0.3, 0.4) is 0 Å². The summed E-state index contributed by atoms with van der Waals surface area (Å²) in [6, 6.07) is 5.15. The number of halogens is 3. The zero-order valence-corrected chi connectivity index (χ0v) is 12.3. The zero-order valence-electron chi connectivity index (χ0n) is 10.7. The molecular weight excluding hydrogens is 322 g/mol. The fourth-order valence-electron chi connectivity index (χ4n) is 1.78. The van der Waals surface area contributed by atoms with Gasteiger partial charge in [0.15, 0.2) is 0 Å². The van der Waals surface area contributed by atoms with Crippen molar-refractivity contribution in [2.45, 2.75) is 13.0 Å². The fraction of sp³-hybridized carbons (Fsp3) is 0.231. The number of hydrogen-bond acceptors (Lipinski definition) is 4. The van der Waals surface area contributed by atoms with Crippen molar-refractivity contribution in [3.8, 4) is 0 Å². The van der Waals surface area contributed by atoms with E-state index in [1.807, 2.05) is 6.07 Å². The molecule has 0 aliphatic rings. The topological polar surface area (TPSA) is 55.2 Å². The smallest absolute Gasteiger partial charge is 0.305 e. The van der Waals surface area contributed by atoms with Gasteiger partial charge in [-0.1, -0.05) is 11.6 Å². The first-order valence-corrected chi connectivity index (χ1v) is 7.24. The van der Waals surface area contributed by atoms with Crippen LogP contribution in [0.4, 0.5) is 14.5 Å². The molecule has 0 spiro atoms. The minimum Gasteiger partial charge on any atom is -0.312 e. The van der Waals surface area contributed by atoms with Crippen LogP contribution in [0.2, 0.25) is 4.34 Å². The number of nitrogens with zero attached hydrogens (tertiary/aromatic N) is 1. The van der Waals surface area contributed by atoms with Crippen LogP contribution >= 0.6 is 22.9 Å². The van der Waals surface area contributed by atoms with E-state index in [2.05, 4.69) is 5.32 Å². The number of rotatable bonds is 6. The molecule has 2 aromatic rings. The summed E-state index contributed by atoms with van der Waals surface area (Å²) in [5.74, 6) is -1.97. The molecule has 0 bridgehead atoms. The second kappa shape index (κ2) is 6.93. The minimum atomic E-state index is -1.17. The summed E-state index contributed by atoms with van der Waals surface area (Å²) in [4.78, 5) is 10.8. The highest BCUT2D eigenvalue weighted by molar-refractivity contribution is 7.16. The Morgan fingerprint density at radius 1 is 1.29 bits per heavy atom. The van der Waals surface area contributed by atoms with E-state index in [4.69, 9.17) is 11.6 Å². The van der Waals surface area contributed by atoms with Crippen molar-refractivity contribution in [2.75, 3.05) is 6.54 Å². The maximum Gasteiger partial charge on any atom is 0.305 e. The number of nitro groups is 1. The van der Waals surface area contributed by atoms with Gasteiger partial charge >= 0.3 is 5.69 Å². The lowest BCUT2D eigenvalue weighted by molar-refractivity contribution is -0.387. The van der Waals surface area contributed by atoms with Gasteiger partial charge in [0.2, 0.25) is 5.82 Å². The number of hydrogen-bond donors (Lipinski definition) is 1. The molecule has 0 unspecified atom stereocenters. The van der Waals surface area contributed by atoms with E-state index in [1.54, 1.807) is 6.07 Å². The molecule has 1 aromatic carbocycles. The Balaban J connectivity index is 1.93. The Morgan fingerprint density at radius 2 is 2.05 bits per heavy atom. The molecule has 8 heteroatoms. The highest BCUT2D eigenvalue weighted by Gasteiger charge is 2.18. The Labute approximate surface area is 128 Å². The van der Waals surface area contributed by atoms with E-state index in [0.29, 0.717) is 23.4 Å². The van der Waals surface area contributed by atoms with E-state index in [9.17, 15) is 18.9 Å². The lowest BCUT2D eigenvalue weighted by atomic mass is 10.1. The van der Waals surface area contributed by atoms with Crippen LogP contribution < -0.4 is 5.32 Å². The quantitative estimate of drug-likeness (QED) is 0.495. The lowest BCUT2D eigenvalue weighted by Crippen LogP contribution is -2.17. The predicted molar refractivity (Wildman–Crippen MR) is 77.8 cm³/mol. The van der Waals surface area contributed by atoms with E-state index in [1.165, 1.54) is 11.3 Å². The van der Waals surface area contributed by atoms with E-state index in [-0.39, 0.29) is 12.1 Å². The van der Waals surface area contributed by atoms with Crippen LogP contribution in [0.15, 0.2) is 24.3 Å². The van der Waals surface area contributed by atoms with Gasteiger partial charge in [0.1, 0.15) is 5.82 Å². The second-order valence-electron chi connectivity index (χ2n) is 4.28. The van der Waals surface area contributed by atoms with Crippen LogP contribution in [0.1, 0.15) is 10.4 Å². The van der Waals surface area contributed by atoms with Crippen LogP contribution in [0, 0.1) is 21.7 Å². The first-order chi connectivity index (χ1) is 9.97. The van der Waals surface area contributed by atoms with Gasteiger partial charge in [0.05, 0.1) is 9.26 Å². The Kier molecular flexibility index (Phi) is 5.22. The minimum absolute atomic E-state index is 0.0623. The molecular formula is C13H11ClF2N2O2S. The van der Waals surface area contributed by atoms with Crippen molar-refractivity contribution in [3.63, 3.8) is 0 Å². The van der Waals surface area contributed by atoms with Gasteiger partial charge in [-0.2, -0.15) is 4.39 Å². The predicted octanol–water partition coefficient (Wildman–Crippen LogP) is 3.92. The Hall–Kier alpha value is -1.57. The Bertz CT molecular complexity index is 664. The normalized spacial score (nSPS) is 10.8. The van der Waals surface area contributed by atoms with Gasteiger partial charge in [0.25, 0.3) is 0 Å². The van der Waals surface area contributed by atoms with Gasteiger partial charge < -0.3 is 5.32 Å². The maximum absolute atomic E-state index is 13.5. The monoisotopic (exact) mass is 332 g/mol. The van der Waals surface area contributed by atoms with Crippen molar-refractivity contribution >= 4 is 28.6 Å². The van der Waals surface area contributed by atoms with Crippen molar-refractivity contribution in [1.82, 2.24) is 5.32 Å². The number of nitrogens with one attached hydrogen (secondary N) is 1. The average molecular weight is 333 g/mol. The molecule has 0 saturated carbocycles. The lowest BCUT2D eigenvalue weighted by Gasteiger charge is -2.06. The SMILES string of the molecule is O=[N+]([O-])c1cc(CNCCc2ccc(Cl)s2)c(F)cc1F. The highest BCUT2D eigenvalue weighted by Crippen LogP contribution is 2.22. The standard InChI is InChI=1S/C13H11ClF2N2O2S/c14-13-2-1-9(21-13)3-4-17-7-8-5-12(18(19)20)11(16)6-10(8)15/h1-2,5-6,17H,3-4,7H2. The van der Waals surface area contributed by atoms with Crippen LogP contribution in [-0.4, -0.2) is 11.5 Å². The largest absolute Gasteiger partial charge is 0.312 e. The molecule has 4 nitrogen and oxygen atoms in total. The third kappa shape index (κ3) is 4.20. The number of benzene rings is 1. The number of thiophene rings is 1. The highest BCUT2D eigenvalue weighted by atomic mass is 35.5. The molecule has 112 valence electrons. The van der Waals surface area contributed by atoms with Crippen molar-refractivity contribution in [1.29, 1.82) is 0 Å². The van der Waals surface area contributed by atoms with E-state index in [0.717, 1.165) is 10.9 Å². The summed E-state index contributed by atoms with van der Waals surface area (Å²) in [7, 11) is 0. The summed E-state index contributed by atoms with van der Waals surface area (Å²) < 4.78 is 27.4. The van der Waals surface area contributed by atoms with Crippen molar-refractivity contribution in [3.05, 3.63) is 60.8 Å². The molecule has 0 atom stereocenters. The summed E-state index contributed by atoms with van der Waals surface area (Å²) in [5.41, 5.74) is -0.662. The summed E-state index contributed by atoms with van der Waals surface area (Å²) in [5, 5.41) is 13.6. The molecule has 0 radical (unpaired) electrons. The van der Waals surface area contributed by atoms with Gasteiger partial charge in [0, 0.05) is 35.7 Å². The third-order valence-electron chi connectivity index (χ3n) is 2.81. The van der Waals surface area contributed by atoms with Crippen molar-refractivity contribution in [2.24, 2.45) is 0 Å². The first kappa shape index (κ1) is 15.8. The van der Waals surface area contributed by atoms with E-state index >= 15 is 0 Å². The Morgan fingerprint density at radius 3 is 2.67 bits per heavy atom. The molecule has 1 N–H and O–H groups in total. The molecule has 2 rings (SSSR count). The van der Waals surface area contributed by atoms with Crippen LogP contribution in [-0.2, 0) is 13.0 Å². The van der Waals surface area contributed by atoms with Crippen LogP contribution in [0.5, 0.6) is 0 Å². The summed E-state index contributed by atoms with van der Waals surface area (Å²) in [6.45, 7) is 0.646. The maximum atomic E-state index is 13.5. The molecule has 0 amide bonds. The second-order valence-corrected chi connectivity index (χ2v) is 6.08. The molecule has 1 aromatic heterocycles. The van der Waals surface area contributed by atoms with Gasteiger partial charge in [-0.25, -0.2) is 4.39 Å². The third-order valence-corrected chi connectivity index (χ3v) is 4.10. The van der Waals surface area contributed by atoms with Gasteiger partial charge in [-0.3, -0.25) is 10.1 Å². The first-order valence-electron chi connectivity index (χ1n) is 6.04.